The highest BCUT2D eigenvalue weighted by molar-refractivity contribution is 6.12. The van der Waals surface area contributed by atoms with E-state index in [0.29, 0.717) is 30.6 Å². The lowest BCUT2D eigenvalue weighted by molar-refractivity contribution is -0.301. The van der Waals surface area contributed by atoms with Gasteiger partial charge in [0.15, 0.2) is 5.79 Å². The first kappa shape index (κ1) is 35.0. The number of nitrogens with one attached hydrogen (secondary N) is 1. The number of carbonyl (C=O) groups excluding carboxylic acids is 2. The van der Waals surface area contributed by atoms with Crippen molar-refractivity contribution in [2.45, 2.75) is 104 Å². The third kappa shape index (κ3) is 8.60. The first-order chi connectivity index (χ1) is 22.7. The van der Waals surface area contributed by atoms with Crippen LogP contribution < -0.4 is 5.32 Å². The number of amides is 1. The lowest BCUT2D eigenvalue weighted by Crippen LogP contribution is -2.46. The minimum Gasteiger partial charge on any atom is -0.460 e. The quantitative estimate of drug-likeness (QED) is 0.172. The summed E-state index contributed by atoms with van der Waals surface area (Å²) >= 11 is 0. The van der Waals surface area contributed by atoms with Crippen LogP contribution >= 0.6 is 0 Å². The van der Waals surface area contributed by atoms with Gasteiger partial charge in [0.2, 0.25) is 0 Å². The zero-order chi connectivity index (χ0) is 34.6. The van der Waals surface area contributed by atoms with Crippen molar-refractivity contribution in [2.24, 2.45) is 0 Å². The first-order valence-electron chi connectivity index (χ1n) is 16.7. The van der Waals surface area contributed by atoms with Gasteiger partial charge in [0, 0.05) is 29.9 Å². The third-order valence-electron chi connectivity index (χ3n) is 8.21. The number of rotatable bonds is 10. The molecular weight excluding hydrogens is 609 g/mol. The van der Waals surface area contributed by atoms with Crippen LogP contribution in [0, 0.1) is 5.82 Å². The van der Waals surface area contributed by atoms with Crippen LogP contribution in [0.5, 0.6) is 0 Å². The average Bonchev–Trinajstić information content (AvgIpc) is 3.35. The zero-order valence-corrected chi connectivity index (χ0v) is 29.0. The number of halogens is 1. The molecule has 1 fully saturated rings. The highest BCUT2D eigenvalue weighted by Crippen LogP contribution is 2.43. The van der Waals surface area contributed by atoms with E-state index in [2.05, 4.69) is 23.7 Å². The van der Waals surface area contributed by atoms with Crippen molar-refractivity contribution in [2.75, 3.05) is 5.32 Å². The Hall–Kier alpha value is -4.27. The molecule has 254 valence electrons. The smallest absolute Gasteiger partial charge is 0.308 e. The predicted octanol–water partition coefficient (Wildman–Crippen LogP) is 9.37. The summed E-state index contributed by atoms with van der Waals surface area (Å²) in [4.78, 5) is 27.1. The maximum Gasteiger partial charge on any atom is 0.308 e. The number of hydrogen-bond donors (Lipinski definition) is 1. The molecule has 1 saturated heterocycles. The summed E-state index contributed by atoms with van der Waals surface area (Å²) in [7, 11) is 0. The first-order valence-corrected chi connectivity index (χ1v) is 16.7. The van der Waals surface area contributed by atoms with Crippen LogP contribution in [0.3, 0.4) is 0 Å². The molecular formula is C40H47FN2O5. The average molecular weight is 657 g/mol. The van der Waals surface area contributed by atoms with Gasteiger partial charge in [-0.1, -0.05) is 62.4 Å². The summed E-state index contributed by atoms with van der Waals surface area (Å²) in [5.41, 5.74) is 4.87. The Morgan fingerprint density at radius 2 is 1.56 bits per heavy atom. The number of nitrogens with zero attached hydrogens (tertiary/aromatic N) is 1. The number of hydrogen-bond acceptors (Lipinski definition) is 5. The maximum absolute atomic E-state index is 14.4. The number of esters is 1. The van der Waals surface area contributed by atoms with Crippen molar-refractivity contribution < 1.29 is 28.2 Å². The minimum atomic E-state index is -0.900. The molecule has 5 rings (SSSR count). The van der Waals surface area contributed by atoms with Gasteiger partial charge in [-0.25, -0.2) is 4.39 Å². The molecule has 48 heavy (non-hydrogen) atoms. The van der Waals surface area contributed by atoms with Crippen LogP contribution in [0.2, 0.25) is 0 Å². The number of anilines is 1. The van der Waals surface area contributed by atoms with Gasteiger partial charge in [0.25, 0.3) is 5.91 Å². The van der Waals surface area contributed by atoms with E-state index >= 15 is 0 Å². The summed E-state index contributed by atoms with van der Waals surface area (Å²) < 4.78 is 34.6. The minimum absolute atomic E-state index is 0.0369. The van der Waals surface area contributed by atoms with Gasteiger partial charge in [-0.2, -0.15) is 0 Å². The molecule has 8 heteroatoms. The molecule has 0 unspecified atom stereocenters. The molecule has 0 bridgehead atoms. The molecule has 1 amide bonds. The summed E-state index contributed by atoms with van der Waals surface area (Å²) in [6.07, 6.45) is 0.635. The second-order valence-corrected chi connectivity index (χ2v) is 14.2. The summed E-state index contributed by atoms with van der Waals surface area (Å²) in [6.45, 7) is 13.9. The molecule has 1 aliphatic heterocycles. The van der Waals surface area contributed by atoms with Gasteiger partial charge in [-0.05, 0) is 94.5 Å². The van der Waals surface area contributed by atoms with Gasteiger partial charge in [0.05, 0.1) is 29.9 Å². The number of benzene rings is 3. The fraction of sp³-hybridized carbons (Fsp3) is 0.400. The Kier molecular flexibility index (Phi) is 10.6. The Morgan fingerprint density at radius 3 is 2.17 bits per heavy atom. The van der Waals surface area contributed by atoms with Crippen molar-refractivity contribution in [3.63, 3.8) is 0 Å². The fourth-order valence-electron chi connectivity index (χ4n) is 6.57. The van der Waals surface area contributed by atoms with Crippen LogP contribution in [0.15, 0.2) is 84.9 Å². The maximum atomic E-state index is 14.4. The topological polar surface area (TPSA) is 78.8 Å². The molecule has 4 aromatic rings. The van der Waals surface area contributed by atoms with Crippen LogP contribution in [-0.2, 0) is 25.5 Å². The molecule has 2 heterocycles. The molecule has 7 nitrogen and oxygen atoms in total. The third-order valence-corrected chi connectivity index (χ3v) is 8.21. The second kappa shape index (κ2) is 14.5. The largest absolute Gasteiger partial charge is 0.460 e. The lowest BCUT2D eigenvalue weighted by atomic mass is 10.0. The molecule has 0 radical (unpaired) electrons. The number of para-hydroxylation sites is 1. The molecule has 3 aromatic carbocycles. The Balaban J connectivity index is 1.59. The summed E-state index contributed by atoms with van der Waals surface area (Å²) in [5.74, 6) is -1.80. The van der Waals surface area contributed by atoms with E-state index in [4.69, 9.17) is 14.2 Å². The van der Waals surface area contributed by atoms with Crippen LogP contribution in [0.25, 0.3) is 22.4 Å². The molecule has 1 aromatic heterocycles. The van der Waals surface area contributed by atoms with Crippen molar-refractivity contribution in [1.82, 2.24) is 4.57 Å². The summed E-state index contributed by atoms with van der Waals surface area (Å²) in [5, 5.41) is 3.12. The van der Waals surface area contributed by atoms with Gasteiger partial charge in [-0.3, -0.25) is 9.59 Å². The van der Waals surface area contributed by atoms with Gasteiger partial charge in [0.1, 0.15) is 11.4 Å². The highest BCUT2D eigenvalue weighted by atomic mass is 19.1. The van der Waals surface area contributed by atoms with E-state index < -0.39 is 11.4 Å². The standard InChI is InChI=1S/C40H47FN2O5/c1-26(2)36-35(38(45)42-30-16-12-9-13-17-30)34(27-14-10-8-11-15-27)37(28-18-20-29(41)21-19-28)43(36)23-22-31-24-32(47-40(6,7)46-31)25-33(44)48-39(3,4)5/h8-21,26,31-32H,22-25H2,1-7H3,(H,42,45)/t31-,32-/m1/s1/i34+2. The van der Waals surface area contributed by atoms with Gasteiger partial charge < -0.3 is 24.1 Å². The van der Waals surface area contributed by atoms with Crippen molar-refractivity contribution in [3.05, 3.63) is 102 Å². The van der Waals surface area contributed by atoms with Crippen molar-refractivity contribution >= 4 is 17.6 Å². The Morgan fingerprint density at radius 1 is 0.958 bits per heavy atom. The molecule has 0 aliphatic carbocycles. The molecule has 2 atom stereocenters. The molecule has 1 N–H and O–H groups in total. The van der Waals surface area contributed by atoms with E-state index in [1.54, 1.807) is 12.1 Å². The second-order valence-electron chi connectivity index (χ2n) is 14.2. The van der Waals surface area contributed by atoms with Crippen LogP contribution in [0.1, 0.15) is 89.7 Å². The highest BCUT2D eigenvalue weighted by Gasteiger charge is 2.38. The zero-order valence-electron chi connectivity index (χ0n) is 29.0. The van der Waals surface area contributed by atoms with Gasteiger partial charge in [-0.15, -0.1) is 0 Å². The Bertz CT molecular complexity index is 1710. The van der Waals surface area contributed by atoms with Crippen molar-refractivity contribution in [1.29, 1.82) is 0 Å². The van der Waals surface area contributed by atoms with E-state index in [-0.39, 0.29) is 42.2 Å². The molecule has 0 spiro atoms. The summed E-state index contributed by atoms with van der Waals surface area (Å²) in [6, 6.07) is 25.7. The van der Waals surface area contributed by atoms with Gasteiger partial charge >= 0.3 is 5.97 Å². The fourth-order valence-corrected chi connectivity index (χ4v) is 6.57. The monoisotopic (exact) mass is 656 g/mol. The number of ether oxygens (including phenoxy) is 3. The van der Waals surface area contributed by atoms with Crippen LogP contribution in [0.4, 0.5) is 10.1 Å². The normalized spacial score (nSPS) is 17.7. The SMILES string of the molecule is CC(C)c1c(C(=O)Nc2ccccc2)[14c](-c2ccccc2)c(-c2ccc(F)cc2)n1CC[C@@H]1C[C@H](CC(=O)OC(C)(C)C)OC(C)(C)O1. The molecule has 1 aliphatic rings. The van der Waals surface area contributed by atoms with Crippen molar-refractivity contribution in [3.8, 4) is 22.4 Å². The Labute approximate surface area is 283 Å². The van der Waals surface area contributed by atoms with E-state index in [0.717, 1.165) is 28.1 Å². The molecule has 0 saturated carbocycles. The van der Waals surface area contributed by atoms with Crippen LogP contribution in [-0.4, -0.2) is 40.0 Å². The van der Waals surface area contributed by atoms with E-state index in [1.807, 2.05) is 95.3 Å². The predicted molar refractivity (Wildman–Crippen MR) is 187 cm³/mol. The number of carbonyl (C=O) groups is 2. The van der Waals surface area contributed by atoms with E-state index in [1.165, 1.54) is 12.1 Å². The number of aromatic nitrogens is 1. The van der Waals surface area contributed by atoms with E-state index in [9.17, 15) is 14.0 Å². The lowest BCUT2D eigenvalue weighted by Gasteiger charge is -2.41.